The fourth-order valence-electron chi connectivity index (χ4n) is 3.03. The van der Waals surface area contributed by atoms with Gasteiger partial charge in [-0.1, -0.05) is 42.5 Å². The van der Waals surface area contributed by atoms with Gasteiger partial charge in [0.25, 0.3) is 0 Å². The third-order valence-electron chi connectivity index (χ3n) is 4.51. The second-order valence-electron chi connectivity index (χ2n) is 7.06. The third-order valence-corrected chi connectivity index (χ3v) is 4.51. The van der Waals surface area contributed by atoms with Crippen molar-refractivity contribution in [2.75, 3.05) is 17.3 Å². The first-order chi connectivity index (χ1) is 14.0. The number of carbonyl (C=O) groups is 1. The van der Waals surface area contributed by atoms with E-state index in [1.807, 2.05) is 43.3 Å². The number of aryl methyl sites for hydroxylation is 1. The molecule has 29 heavy (non-hydrogen) atoms. The van der Waals surface area contributed by atoms with Crippen LogP contribution in [0.15, 0.2) is 60.7 Å². The van der Waals surface area contributed by atoms with Gasteiger partial charge < -0.3 is 15.0 Å². The Morgan fingerprint density at radius 2 is 1.76 bits per heavy atom. The van der Waals surface area contributed by atoms with Gasteiger partial charge in [-0.25, -0.2) is 9.78 Å². The summed E-state index contributed by atoms with van der Waals surface area (Å²) in [5.74, 6) is 0.872. The number of esters is 1. The highest BCUT2D eigenvalue weighted by Crippen LogP contribution is 2.24. The molecule has 0 amide bonds. The van der Waals surface area contributed by atoms with Crippen LogP contribution in [0.1, 0.15) is 35.5 Å². The monoisotopic (exact) mass is 390 g/mol. The summed E-state index contributed by atoms with van der Waals surface area (Å²) in [7, 11) is 1.37. The summed E-state index contributed by atoms with van der Waals surface area (Å²) < 4.78 is 4.88. The molecule has 0 saturated heterocycles. The smallest absolute Gasteiger partial charge is 0.339 e. The van der Waals surface area contributed by atoms with Gasteiger partial charge in [-0.2, -0.15) is 4.98 Å². The van der Waals surface area contributed by atoms with Gasteiger partial charge in [0.15, 0.2) is 0 Å². The van der Waals surface area contributed by atoms with Crippen LogP contribution in [-0.2, 0) is 11.3 Å². The van der Waals surface area contributed by atoms with E-state index in [0.717, 1.165) is 5.69 Å². The zero-order valence-electron chi connectivity index (χ0n) is 17.2. The molecule has 1 N–H and O–H groups in total. The van der Waals surface area contributed by atoms with Gasteiger partial charge in [0.05, 0.1) is 18.4 Å². The van der Waals surface area contributed by atoms with Gasteiger partial charge in [-0.05, 0) is 38.5 Å². The quantitative estimate of drug-likeness (QED) is 0.588. The Hall–Kier alpha value is -3.41. The first-order valence-electron chi connectivity index (χ1n) is 9.58. The molecule has 0 aliphatic rings. The highest BCUT2D eigenvalue weighted by atomic mass is 16.5. The second-order valence-corrected chi connectivity index (χ2v) is 7.06. The van der Waals surface area contributed by atoms with Crippen LogP contribution in [0.25, 0.3) is 0 Å². The molecule has 2 aromatic carbocycles. The van der Waals surface area contributed by atoms with E-state index in [9.17, 15) is 4.79 Å². The molecule has 0 fully saturated rings. The van der Waals surface area contributed by atoms with Crippen LogP contribution in [0.3, 0.4) is 0 Å². The molecular formula is C23H26N4O2. The standard InChI is InChI=1S/C23H26N4O2/c1-16(2)27(15-18-10-6-5-7-11-18)23-24-17(3)14-21(26-23)25-20-13-9-8-12-19(20)22(28)29-4/h5-14,16H,15H2,1-4H3,(H,24,25,26). The van der Waals surface area contributed by atoms with Crippen molar-refractivity contribution >= 4 is 23.4 Å². The summed E-state index contributed by atoms with van der Waals surface area (Å²) in [4.78, 5) is 23.6. The molecule has 6 heteroatoms. The second kappa shape index (κ2) is 9.19. The van der Waals surface area contributed by atoms with Gasteiger partial charge in [0.1, 0.15) is 5.82 Å². The number of hydrogen-bond acceptors (Lipinski definition) is 6. The average Bonchev–Trinajstić information content (AvgIpc) is 2.72. The molecule has 0 bridgehead atoms. The van der Waals surface area contributed by atoms with Crippen molar-refractivity contribution in [1.82, 2.24) is 9.97 Å². The summed E-state index contributed by atoms with van der Waals surface area (Å²) in [6, 6.07) is 19.5. The SMILES string of the molecule is COC(=O)c1ccccc1Nc1cc(C)nc(N(Cc2ccccc2)C(C)C)n1. The van der Waals surface area contributed by atoms with Crippen molar-refractivity contribution in [1.29, 1.82) is 0 Å². The maximum atomic E-state index is 12.1. The lowest BCUT2D eigenvalue weighted by atomic mass is 10.2. The Morgan fingerprint density at radius 1 is 1.07 bits per heavy atom. The molecule has 6 nitrogen and oxygen atoms in total. The molecule has 1 heterocycles. The summed E-state index contributed by atoms with van der Waals surface area (Å²) in [5, 5.41) is 3.25. The van der Waals surface area contributed by atoms with Crippen LogP contribution < -0.4 is 10.2 Å². The van der Waals surface area contributed by atoms with Gasteiger partial charge in [-0.3, -0.25) is 0 Å². The minimum absolute atomic E-state index is 0.215. The van der Waals surface area contributed by atoms with Crippen LogP contribution >= 0.6 is 0 Å². The Bertz CT molecular complexity index is 974. The minimum Gasteiger partial charge on any atom is -0.465 e. The Morgan fingerprint density at radius 3 is 2.45 bits per heavy atom. The van der Waals surface area contributed by atoms with E-state index < -0.39 is 5.97 Å². The van der Waals surface area contributed by atoms with Crippen LogP contribution in [0.4, 0.5) is 17.5 Å². The van der Waals surface area contributed by atoms with Crippen molar-refractivity contribution in [3.8, 4) is 0 Å². The lowest BCUT2D eigenvalue weighted by molar-refractivity contribution is 0.0602. The number of benzene rings is 2. The molecule has 0 spiro atoms. The molecule has 0 radical (unpaired) electrons. The molecule has 0 unspecified atom stereocenters. The Balaban J connectivity index is 1.92. The van der Waals surface area contributed by atoms with Crippen molar-refractivity contribution in [3.05, 3.63) is 77.5 Å². The number of rotatable bonds is 7. The predicted octanol–water partition coefficient (Wildman–Crippen LogP) is 4.73. The zero-order chi connectivity index (χ0) is 20.8. The van der Waals surface area contributed by atoms with E-state index in [0.29, 0.717) is 29.6 Å². The van der Waals surface area contributed by atoms with Crippen molar-refractivity contribution in [2.24, 2.45) is 0 Å². The third kappa shape index (κ3) is 5.10. The first-order valence-corrected chi connectivity index (χ1v) is 9.58. The highest BCUT2D eigenvalue weighted by Gasteiger charge is 2.17. The van der Waals surface area contributed by atoms with E-state index in [-0.39, 0.29) is 6.04 Å². The number of para-hydroxylation sites is 1. The van der Waals surface area contributed by atoms with Crippen molar-refractivity contribution in [3.63, 3.8) is 0 Å². The Labute approximate surface area is 171 Å². The number of methoxy groups -OCH3 is 1. The molecular weight excluding hydrogens is 364 g/mol. The molecule has 150 valence electrons. The van der Waals surface area contributed by atoms with E-state index in [1.165, 1.54) is 12.7 Å². The van der Waals surface area contributed by atoms with Crippen LogP contribution in [0.2, 0.25) is 0 Å². The first kappa shape index (κ1) is 20.3. The molecule has 3 rings (SSSR count). The lowest BCUT2D eigenvalue weighted by Gasteiger charge is -2.27. The summed E-state index contributed by atoms with van der Waals surface area (Å²) in [6.07, 6.45) is 0. The van der Waals surface area contributed by atoms with Crippen LogP contribution in [0.5, 0.6) is 0 Å². The topological polar surface area (TPSA) is 67.3 Å². The van der Waals surface area contributed by atoms with Crippen molar-refractivity contribution < 1.29 is 9.53 Å². The Kier molecular flexibility index (Phi) is 6.44. The lowest BCUT2D eigenvalue weighted by Crippen LogP contribution is -2.32. The fourth-order valence-corrected chi connectivity index (χ4v) is 3.03. The number of anilines is 3. The number of hydrogen-bond donors (Lipinski definition) is 1. The van der Waals surface area contributed by atoms with Gasteiger partial charge in [0, 0.05) is 24.3 Å². The molecule has 3 aromatic rings. The van der Waals surface area contributed by atoms with E-state index in [1.54, 1.807) is 12.1 Å². The van der Waals surface area contributed by atoms with E-state index in [2.05, 4.69) is 41.2 Å². The largest absolute Gasteiger partial charge is 0.465 e. The van der Waals surface area contributed by atoms with Crippen LogP contribution in [-0.4, -0.2) is 29.1 Å². The normalized spacial score (nSPS) is 10.7. The highest BCUT2D eigenvalue weighted by molar-refractivity contribution is 5.96. The summed E-state index contributed by atoms with van der Waals surface area (Å²) in [6.45, 7) is 6.88. The van der Waals surface area contributed by atoms with Gasteiger partial charge in [-0.15, -0.1) is 0 Å². The number of aromatic nitrogens is 2. The molecule has 1 aromatic heterocycles. The molecule has 0 aliphatic heterocycles. The van der Waals surface area contributed by atoms with E-state index in [4.69, 9.17) is 9.72 Å². The predicted molar refractivity (Wildman–Crippen MR) is 116 cm³/mol. The molecule has 0 saturated carbocycles. The maximum Gasteiger partial charge on any atom is 0.339 e. The number of carbonyl (C=O) groups excluding carboxylic acids is 1. The van der Waals surface area contributed by atoms with Crippen LogP contribution in [0, 0.1) is 6.92 Å². The minimum atomic E-state index is -0.396. The molecule has 0 atom stereocenters. The van der Waals surface area contributed by atoms with Gasteiger partial charge >= 0.3 is 5.97 Å². The number of nitrogens with zero attached hydrogens (tertiary/aromatic N) is 3. The summed E-state index contributed by atoms with van der Waals surface area (Å²) >= 11 is 0. The zero-order valence-corrected chi connectivity index (χ0v) is 17.2. The number of ether oxygens (including phenoxy) is 1. The molecule has 0 aliphatic carbocycles. The van der Waals surface area contributed by atoms with Gasteiger partial charge in [0.2, 0.25) is 5.95 Å². The average molecular weight is 390 g/mol. The fraction of sp³-hybridized carbons (Fsp3) is 0.261. The summed E-state index contributed by atoms with van der Waals surface area (Å²) in [5.41, 5.74) is 3.13. The number of nitrogens with one attached hydrogen (secondary N) is 1. The van der Waals surface area contributed by atoms with Crippen molar-refractivity contribution in [2.45, 2.75) is 33.4 Å². The maximum absolute atomic E-state index is 12.1. The van der Waals surface area contributed by atoms with E-state index >= 15 is 0 Å².